The average Bonchev–Trinajstić information content (AvgIpc) is 3.52. The molecule has 0 fully saturated rings. The zero-order valence-corrected chi connectivity index (χ0v) is 20.5. The first kappa shape index (κ1) is 19.9. The van der Waals surface area contributed by atoms with E-state index in [0.29, 0.717) is 0 Å². The molecule has 2 heterocycles. The van der Waals surface area contributed by atoms with Gasteiger partial charge in [0, 0.05) is 57.8 Å². The number of para-hydroxylation sites is 1. The lowest BCUT2D eigenvalue weighted by Crippen LogP contribution is -1.91. The van der Waals surface area contributed by atoms with Gasteiger partial charge in [0.2, 0.25) is 0 Å². The second-order valence-electron chi connectivity index (χ2n) is 10.3. The molecule has 0 saturated carbocycles. The van der Waals surface area contributed by atoms with Crippen LogP contribution in [0, 0.1) is 0 Å². The highest BCUT2D eigenvalue weighted by molar-refractivity contribution is 6.14. The third-order valence-corrected chi connectivity index (χ3v) is 8.37. The first-order valence-electron chi connectivity index (χ1n) is 12.7. The Morgan fingerprint density at radius 3 is 2.06 bits per heavy atom. The summed E-state index contributed by atoms with van der Waals surface area (Å²) in [5.41, 5.74) is 13.7. The zero-order chi connectivity index (χ0) is 24.0. The van der Waals surface area contributed by atoms with E-state index in [1.165, 1.54) is 77.0 Å². The lowest BCUT2D eigenvalue weighted by molar-refractivity contribution is 1.01. The summed E-state index contributed by atoms with van der Waals surface area (Å²) in [5.74, 6) is 0. The van der Waals surface area contributed by atoms with Crippen molar-refractivity contribution in [3.05, 3.63) is 119 Å². The monoisotopic (exact) mass is 462 g/mol. The van der Waals surface area contributed by atoms with Gasteiger partial charge in [0.05, 0.1) is 5.52 Å². The Kier molecular flexibility index (Phi) is 3.94. The quantitative estimate of drug-likeness (QED) is 0.245. The highest BCUT2D eigenvalue weighted by Gasteiger charge is 2.23. The molecule has 0 amide bonds. The topological polar surface area (TPSA) is 9.86 Å². The van der Waals surface area contributed by atoms with Gasteiger partial charge in [-0.25, -0.2) is 0 Å². The molecule has 0 spiro atoms. The highest BCUT2D eigenvalue weighted by atomic mass is 14.9. The normalized spacial score (nSPS) is 12.7. The van der Waals surface area contributed by atoms with Crippen molar-refractivity contribution >= 4 is 43.6 Å². The van der Waals surface area contributed by atoms with E-state index in [0.717, 1.165) is 12.8 Å². The van der Waals surface area contributed by atoms with Crippen LogP contribution in [-0.4, -0.2) is 9.13 Å². The van der Waals surface area contributed by atoms with Gasteiger partial charge in [-0.3, -0.25) is 0 Å². The molecule has 0 aliphatic heterocycles. The molecule has 0 unspecified atom stereocenters. The molecule has 2 aromatic heterocycles. The molecule has 0 N–H and O–H groups in total. The Balaban J connectivity index is 1.27. The molecule has 1 aliphatic carbocycles. The largest absolute Gasteiger partial charge is 0.344 e. The van der Waals surface area contributed by atoms with E-state index in [9.17, 15) is 0 Å². The molecule has 0 atom stereocenters. The van der Waals surface area contributed by atoms with Gasteiger partial charge >= 0.3 is 0 Å². The van der Waals surface area contributed by atoms with Crippen molar-refractivity contribution in [1.82, 2.24) is 9.13 Å². The predicted molar refractivity (Wildman–Crippen MR) is 152 cm³/mol. The van der Waals surface area contributed by atoms with E-state index in [4.69, 9.17) is 0 Å². The molecular weight excluding hydrogens is 436 g/mol. The lowest BCUT2D eigenvalue weighted by atomic mass is 9.99. The first-order valence-corrected chi connectivity index (χ1v) is 12.7. The third-order valence-electron chi connectivity index (χ3n) is 8.37. The molecule has 5 aromatic carbocycles. The first-order chi connectivity index (χ1) is 17.7. The maximum Gasteiger partial charge on any atom is 0.0571 e. The fourth-order valence-corrected chi connectivity index (χ4v) is 6.65. The van der Waals surface area contributed by atoms with Gasteiger partial charge in [0.25, 0.3) is 0 Å². The summed E-state index contributed by atoms with van der Waals surface area (Å²) in [6.07, 6.45) is 1.96. The summed E-state index contributed by atoms with van der Waals surface area (Å²) >= 11 is 0. The number of hydrogen-bond donors (Lipinski definition) is 0. The standard InChI is InChI=1S/C34H26N2/c1-35-30-10-6-5-9-26(30)28-18-21(11-15-31(28)35)17-22-12-16-32-29(19-22)27-14-13-24-20-23-7-3-4-8-25(23)33(24)34(27)36(32)2/h3-16,18-19H,17,20H2,1-2H3. The van der Waals surface area contributed by atoms with Gasteiger partial charge in [-0.2, -0.15) is 0 Å². The minimum atomic E-state index is 0.930. The predicted octanol–water partition coefficient (Wildman–Crippen LogP) is 8.14. The van der Waals surface area contributed by atoms with Crippen molar-refractivity contribution in [2.24, 2.45) is 14.1 Å². The molecule has 1 aliphatic rings. The van der Waals surface area contributed by atoms with Crippen LogP contribution in [0.1, 0.15) is 22.3 Å². The van der Waals surface area contributed by atoms with E-state index in [2.05, 4.69) is 120 Å². The summed E-state index contributed by atoms with van der Waals surface area (Å²) in [6, 6.07) is 36.3. The minimum Gasteiger partial charge on any atom is -0.344 e. The van der Waals surface area contributed by atoms with E-state index >= 15 is 0 Å². The second kappa shape index (κ2) is 7.11. The van der Waals surface area contributed by atoms with Gasteiger partial charge < -0.3 is 9.13 Å². The number of fused-ring (bicyclic) bond motifs is 10. The lowest BCUT2D eigenvalue weighted by Gasteiger charge is -2.06. The van der Waals surface area contributed by atoms with E-state index < -0.39 is 0 Å². The van der Waals surface area contributed by atoms with Crippen LogP contribution in [0.25, 0.3) is 54.7 Å². The van der Waals surface area contributed by atoms with Crippen molar-refractivity contribution in [3.8, 4) is 11.1 Å². The molecule has 2 heteroatoms. The number of rotatable bonds is 2. The molecule has 0 saturated heterocycles. The summed E-state index contributed by atoms with van der Waals surface area (Å²) in [5, 5.41) is 5.37. The molecule has 172 valence electrons. The molecule has 2 nitrogen and oxygen atoms in total. The van der Waals surface area contributed by atoms with Crippen LogP contribution in [0.3, 0.4) is 0 Å². The van der Waals surface area contributed by atoms with Crippen LogP contribution >= 0.6 is 0 Å². The van der Waals surface area contributed by atoms with Crippen molar-refractivity contribution < 1.29 is 0 Å². The van der Waals surface area contributed by atoms with Crippen molar-refractivity contribution in [2.45, 2.75) is 12.8 Å². The number of nitrogens with zero attached hydrogens (tertiary/aromatic N) is 2. The Morgan fingerprint density at radius 2 is 1.22 bits per heavy atom. The Morgan fingerprint density at radius 1 is 0.556 bits per heavy atom. The van der Waals surface area contributed by atoms with Crippen LogP contribution in [-0.2, 0) is 26.9 Å². The van der Waals surface area contributed by atoms with Gasteiger partial charge in [0.15, 0.2) is 0 Å². The fraction of sp³-hybridized carbons (Fsp3) is 0.118. The maximum absolute atomic E-state index is 2.41. The summed E-state index contributed by atoms with van der Waals surface area (Å²) in [7, 11) is 4.38. The van der Waals surface area contributed by atoms with E-state index in [1.54, 1.807) is 0 Å². The number of hydrogen-bond acceptors (Lipinski definition) is 0. The highest BCUT2D eigenvalue weighted by Crippen LogP contribution is 2.44. The molecule has 8 rings (SSSR count). The van der Waals surface area contributed by atoms with Gasteiger partial charge in [0.1, 0.15) is 0 Å². The van der Waals surface area contributed by atoms with Gasteiger partial charge in [-0.15, -0.1) is 0 Å². The Hall–Kier alpha value is -4.30. The van der Waals surface area contributed by atoms with Crippen LogP contribution < -0.4 is 0 Å². The number of benzene rings is 5. The van der Waals surface area contributed by atoms with Crippen LogP contribution in [0.15, 0.2) is 97.1 Å². The van der Waals surface area contributed by atoms with Crippen LogP contribution in [0.2, 0.25) is 0 Å². The molecule has 0 bridgehead atoms. The second-order valence-corrected chi connectivity index (χ2v) is 10.3. The Labute approximate surface area is 210 Å². The molecular formula is C34H26N2. The zero-order valence-electron chi connectivity index (χ0n) is 20.5. The van der Waals surface area contributed by atoms with Crippen LogP contribution in [0.5, 0.6) is 0 Å². The summed E-state index contributed by atoms with van der Waals surface area (Å²) in [4.78, 5) is 0. The number of aromatic nitrogens is 2. The van der Waals surface area contributed by atoms with Crippen molar-refractivity contribution in [1.29, 1.82) is 0 Å². The fourth-order valence-electron chi connectivity index (χ4n) is 6.65. The molecule has 36 heavy (non-hydrogen) atoms. The van der Waals surface area contributed by atoms with Gasteiger partial charge in [-0.05, 0) is 71.0 Å². The van der Waals surface area contributed by atoms with E-state index in [1.807, 2.05) is 0 Å². The molecule has 0 radical (unpaired) electrons. The minimum absolute atomic E-state index is 0.930. The Bertz CT molecular complexity index is 2020. The van der Waals surface area contributed by atoms with Gasteiger partial charge in [-0.1, -0.05) is 66.7 Å². The third kappa shape index (κ3) is 2.62. The van der Waals surface area contributed by atoms with Crippen LogP contribution in [0.4, 0.5) is 0 Å². The summed E-state index contributed by atoms with van der Waals surface area (Å²) < 4.78 is 4.70. The smallest absolute Gasteiger partial charge is 0.0571 e. The SMILES string of the molecule is Cn1c2ccccc2c2cc(Cc3ccc4c(c3)c3ccc5c(c3n4C)-c3ccccc3C5)ccc21. The maximum atomic E-state index is 2.41. The summed E-state index contributed by atoms with van der Waals surface area (Å²) in [6.45, 7) is 0. The van der Waals surface area contributed by atoms with E-state index in [-0.39, 0.29) is 0 Å². The number of aryl methyl sites for hydroxylation is 2. The van der Waals surface area contributed by atoms with Crippen molar-refractivity contribution in [2.75, 3.05) is 0 Å². The molecule has 7 aromatic rings. The van der Waals surface area contributed by atoms with Crippen molar-refractivity contribution in [3.63, 3.8) is 0 Å². The average molecular weight is 463 g/mol.